The lowest BCUT2D eigenvalue weighted by Crippen LogP contribution is -2.55. The highest BCUT2D eigenvalue weighted by molar-refractivity contribution is 5.87. The molecule has 1 aromatic heterocycles. The molecule has 1 amide bonds. The number of fused-ring (bicyclic) bond motifs is 1. The second kappa shape index (κ2) is 12.3. The standard InChI is InChI=1S/C29H32F5N7O2/c1-3-25(42)41-12-11-40(15-19(41)7-9-35)27-21-8-10-39(24-6-4-5-22(31)26(24)29(32,33)34)16-23(21)36-28(37-27)43-17-20-13-18(30)14-38(20)2/h3-6,18-20H,1,7-8,10-17H2,2H3/t18?,19?,20-/m1/s1. The molecule has 1 aromatic carbocycles. The topological polar surface area (TPSA) is 88.8 Å². The van der Waals surface area contributed by atoms with Crippen molar-refractivity contribution in [2.45, 2.75) is 50.2 Å². The van der Waals surface area contributed by atoms with Crippen LogP contribution in [0.2, 0.25) is 0 Å². The van der Waals surface area contributed by atoms with Gasteiger partial charge in [0.25, 0.3) is 0 Å². The van der Waals surface area contributed by atoms with Gasteiger partial charge in [-0.1, -0.05) is 12.6 Å². The molecule has 9 nitrogen and oxygen atoms in total. The Balaban J connectivity index is 1.49. The average Bonchev–Trinajstić information content (AvgIpc) is 3.30. The van der Waals surface area contributed by atoms with Crippen LogP contribution in [-0.4, -0.2) is 90.3 Å². The third kappa shape index (κ3) is 6.36. The number of piperazine rings is 1. The lowest BCUT2D eigenvalue weighted by molar-refractivity contribution is -0.139. The first-order valence-electron chi connectivity index (χ1n) is 14.0. The van der Waals surface area contributed by atoms with Crippen LogP contribution >= 0.6 is 0 Å². The zero-order chi connectivity index (χ0) is 30.9. The fourth-order valence-electron chi connectivity index (χ4n) is 6.09. The van der Waals surface area contributed by atoms with E-state index in [-0.39, 0.29) is 75.7 Å². The summed E-state index contributed by atoms with van der Waals surface area (Å²) < 4.78 is 75.8. The summed E-state index contributed by atoms with van der Waals surface area (Å²) in [5.74, 6) is -1.14. The van der Waals surface area contributed by atoms with Crippen molar-refractivity contribution in [3.63, 3.8) is 0 Å². The van der Waals surface area contributed by atoms with Crippen molar-refractivity contribution in [2.75, 3.05) is 56.2 Å². The van der Waals surface area contributed by atoms with E-state index in [2.05, 4.69) is 22.6 Å². The van der Waals surface area contributed by atoms with Crippen molar-refractivity contribution in [1.82, 2.24) is 19.8 Å². The molecule has 3 aliphatic heterocycles. The second-order valence-corrected chi connectivity index (χ2v) is 11.0. The maximum absolute atomic E-state index is 14.4. The molecular formula is C29H32F5N7O2. The Morgan fingerprint density at radius 2 is 1.98 bits per heavy atom. The van der Waals surface area contributed by atoms with Crippen LogP contribution < -0.4 is 14.5 Å². The molecule has 2 fully saturated rings. The molecule has 0 bridgehead atoms. The molecule has 2 saturated heterocycles. The average molecular weight is 606 g/mol. The molecule has 14 heteroatoms. The minimum absolute atomic E-state index is 0.0111. The van der Waals surface area contributed by atoms with Crippen molar-refractivity contribution in [3.8, 4) is 12.1 Å². The van der Waals surface area contributed by atoms with E-state index in [9.17, 15) is 32.0 Å². The number of ether oxygens (including phenoxy) is 1. The number of hydrogen-bond donors (Lipinski definition) is 0. The molecule has 0 aliphatic carbocycles. The number of nitrogens with zero attached hydrogens (tertiary/aromatic N) is 7. The molecule has 3 atom stereocenters. The summed E-state index contributed by atoms with van der Waals surface area (Å²) in [6.07, 6.45) is -4.03. The van der Waals surface area contributed by atoms with Gasteiger partial charge >= 0.3 is 12.2 Å². The number of alkyl halides is 4. The molecule has 0 spiro atoms. The highest BCUT2D eigenvalue weighted by Crippen LogP contribution is 2.40. The first-order valence-corrected chi connectivity index (χ1v) is 14.0. The van der Waals surface area contributed by atoms with Gasteiger partial charge in [0.1, 0.15) is 30.0 Å². The van der Waals surface area contributed by atoms with Gasteiger partial charge in [-0.25, -0.2) is 8.78 Å². The fraction of sp³-hybridized carbons (Fsp3) is 0.517. The number of likely N-dealkylation sites (tertiary alicyclic amines) is 1. The summed E-state index contributed by atoms with van der Waals surface area (Å²) in [4.78, 5) is 28.5. The van der Waals surface area contributed by atoms with Gasteiger partial charge in [0.05, 0.1) is 36.5 Å². The molecular weight excluding hydrogens is 573 g/mol. The Kier molecular flexibility index (Phi) is 8.73. The summed E-state index contributed by atoms with van der Waals surface area (Å²) in [6.45, 7) is 5.01. The molecule has 230 valence electrons. The van der Waals surface area contributed by atoms with E-state index in [0.717, 1.165) is 6.07 Å². The predicted octanol–water partition coefficient (Wildman–Crippen LogP) is 3.74. The minimum Gasteiger partial charge on any atom is -0.462 e. The minimum atomic E-state index is -4.90. The van der Waals surface area contributed by atoms with E-state index in [0.29, 0.717) is 30.2 Å². The monoisotopic (exact) mass is 605 g/mol. The molecule has 3 aliphatic rings. The highest BCUT2D eigenvalue weighted by Gasteiger charge is 2.40. The van der Waals surface area contributed by atoms with Gasteiger partial charge < -0.3 is 19.4 Å². The fourth-order valence-corrected chi connectivity index (χ4v) is 6.09. The van der Waals surface area contributed by atoms with Gasteiger partial charge in [-0.15, -0.1) is 0 Å². The van der Waals surface area contributed by atoms with Gasteiger partial charge in [-0.3, -0.25) is 9.69 Å². The molecule has 0 saturated carbocycles. The smallest absolute Gasteiger partial charge is 0.421 e. The first kappa shape index (κ1) is 30.5. The quantitative estimate of drug-likeness (QED) is 0.349. The van der Waals surface area contributed by atoms with E-state index < -0.39 is 29.8 Å². The number of halogens is 5. The zero-order valence-corrected chi connectivity index (χ0v) is 23.7. The summed E-state index contributed by atoms with van der Waals surface area (Å²) in [5.41, 5.74) is -0.493. The van der Waals surface area contributed by atoms with E-state index >= 15 is 0 Å². The summed E-state index contributed by atoms with van der Waals surface area (Å²) in [7, 11) is 1.79. The number of nitriles is 1. The number of anilines is 2. The van der Waals surface area contributed by atoms with Crippen LogP contribution in [0.15, 0.2) is 30.9 Å². The summed E-state index contributed by atoms with van der Waals surface area (Å²) >= 11 is 0. The number of rotatable bonds is 7. The van der Waals surface area contributed by atoms with Crippen molar-refractivity contribution in [2.24, 2.45) is 0 Å². The second-order valence-electron chi connectivity index (χ2n) is 11.0. The molecule has 2 aromatic rings. The molecule has 2 unspecified atom stereocenters. The number of carbonyl (C=O) groups is 1. The number of aromatic nitrogens is 2. The van der Waals surface area contributed by atoms with Crippen molar-refractivity contribution in [3.05, 3.63) is 53.5 Å². The molecule has 0 radical (unpaired) electrons. The molecule has 0 N–H and O–H groups in total. The van der Waals surface area contributed by atoms with Crippen LogP contribution in [0.25, 0.3) is 0 Å². The van der Waals surface area contributed by atoms with Crippen LogP contribution in [0.1, 0.15) is 29.7 Å². The third-order valence-electron chi connectivity index (χ3n) is 8.25. The maximum Gasteiger partial charge on any atom is 0.421 e. The maximum atomic E-state index is 14.4. The number of benzene rings is 1. The number of carbonyl (C=O) groups excluding carboxylic acids is 1. The van der Waals surface area contributed by atoms with Crippen molar-refractivity contribution >= 4 is 17.4 Å². The Bertz CT molecular complexity index is 1410. The van der Waals surface area contributed by atoms with Gasteiger partial charge in [0.2, 0.25) is 5.91 Å². The predicted molar refractivity (Wildman–Crippen MR) is 148 cm³/mol. The lowest BCUT2D eigenvalue weighted by atomic mass is 10.0. The Morgan fingerprint density at radius 3 is 2.65 bits per heavy atom. The normalized spacial score (nSPS) is 22.7. The summed E-state index contributed by atoms with van der Waals surface area (Å²) in [6, 6.07) is 4.73. The van der Waals surface area contributed by atoms with E-state index in [1.807, 2.05) is 9.80 Å². The molecule has 43 heavy (non-hydrogen) atoms. The highest BCUT2D eigenvalue weighted by atomic mass is 19.4. The Morgan fingerprint density at radius 1 is 1.19 bits per heavy atom. The van der Waals surface area contributed by atoms with Crippen molar-refractivity contribution in [1.29, 1.82) is 5.26 Å². The Labute approximate surface area is 246 Å². The van der Waals surface area contributed by atoms with Gasteiger partial charge in [-0.05, 0) is 38.1 Å². The van der Waals surface area contributed by atoms with E-state index in [1.165, 1.54) is 23.1 Å². The van der Waals surface area contributed by atoms with Gasteiger partial charge in [-0.2, -0.15) is 28.4 Å². The number of hydrogen-bond acceptors (Lipinski definition) is 8. The van der Waals surface area contributed by atoms with Gasteiger partial charge in [0, 0.05) is 44.3 Å². The lowest BCUT2D eigenvalue weighted by Gasteiger charge is -2.42. The van der Waals surface area contributed by atoms with E-state index in [1.54, 1.807) is 11.9 Å². The van der Waals surface area contributed by atoms with Crippen LogP contribution in [0.4, 0.5) is 33.5 Å². The molecule has 5 rings (SSSR count). The van der Waals surface area contributed by atoms with Crippen LogP contribution in [0, 0.1) is 17.1 Å². The Hall–Kier alpha value is -3.99. The zero-order valence-electron chi connectivity index (χ0n) is 23.7. The van der Waals surface area contributed by atoms with Gasteiger partial charge in [0.15, 0.2) is 0 Å². The van der Waals surface area contributed by atoms with Crippen LogP contribution in [0.5, 0.6) is 6.01 Å². The number of amides is 1. The van der Waals surface area contributed by atoms with E-state index in [4.69, 9.17) is 4.74 Å². The third-order valence-corrected chi connectivity index (χ3v) is 8.25. The summed E-state index contributed by atoms with van der Waals surface area (Å²) in [5, 5.41) is 9.41. The van der Waals surface area contributed by atoms with Crippen LogP contribution in [0.3, 0.4) is 0 Å². The SMILES string of the molecule is C=CC(=O)N1CCN(c2nc(OC[C@H]3CC(F)CN3C)nc3c2CCN(c2cccc(F)c2C(F)(F)F)C3)CC1CC#N. The largest absolute Gasteiger partial charge is 0.462 e. The first-order chi connectivity index (χ1) is 20.5. The molecule has 4 heterocycles. The number of likely N-dealkylation sites (N-methyl/N-ethyl adjacent to an activating group) is 1. The van der Waals surface area contributed by atoms with Crippen molar-refractivity contribution < 1.29 is 31.5 Å². The van der Waals surface area contributed by atoms with Crippen LogP contribution in [-0.2, 0) is 23.9 Å².